The van der Waals surface area contributed by atoms with Gasteiger partial charge in [0.05, 0.1) is 0 Å². The summed E-state index contributed by atoms with van der Waals surface area (Å²) in [6.07, 6.45) is 2.36. The molecule has 0 aliphatic rings. The van der Waals surface area contributed by atoms with Crippen LogP contribution in [-0.2, 0) is 6.54 Å². The summed E-state index contributed by atoms with van der Waals surface area (Å²) in [5.41, 5.74) is 0.402. The molecule has 0 atom stereocenters. The number of aliphatic hydroxyl groups is 1. The third-order valence-electron chi connectivity index (χ3n) is 2.81. The van der Waals surface area contributed by atoms with Crippen molar-refractivity contribution in [1.82, 2.24) is 5.32 Å². The summed E-state index contributed by atoms with van der Waals surface area (Å²) in [5.74, 6) is -0.243. The predicted molar refractivity (Wildman–Crippen MR) is 73.7 cm³/mol. The van der Waals surface area contributed by atoms with E-state index in [1.807, 2.05) is 12.1 Å². The Bertz CT molecular complexity index is 376. The first-order chi connectivity index (χ1) is 8.45. The number of hydrogen-bond acceptors (Lipinski definition) is 3. The van der Waals surface area contributed by atoms with Gasteiger partial charge in [0.15, 0.2) is 5.78 Å². The van der Waals surface area contributed by atoms with Crippen molar-refractivity contribution in [3.63, 3.8) is 0 Å². The lowest BCUT2D eigenvalue weighted by molar-refractivity contribution is 0.0488. The van der Waals surface area contributed by atoms with Crippen molar-refractivity contribution < 1.29 is 9.90 Å². The molecule has 0 fully saturated rings. The Labute approximate surface area is 109 Å². The normalized spacial score (nSPS) is 11.6. The standard InChI is InChI=1S/C15H23NO2/c1-4-5-10-16-11-12-6-8-13(9-7-12)14(17)15(2,3)18/h6-9,16,18H,4-5,10-11H2,1-3H3. The van der Waals surface area contributed by atoms with Crippen LogP contribution in [0.25, 0.3) is 0 Å². The van der Waals surface area contributed by atoms with Crippen LogP contribution in [0, 0.1) is 0 Å². The largest absolute Gasteiger partial charge is 0.382 e. The second kappa shape index (κ2) is 6.66. The first-order valence-corrected chi connectivity index (χ1v) is 6.52. The van der Waals surface area contributed by atoms with Gasteiger partial charge in [-0.1, -0.05) is 37.6 Å². The summed E-state index contributed by atoms with van der Waals surface area (Å²) < 4.78 is 0. The summed E-state index contributed by atoms with van der Waals surface area (Å²) in [7, 11) is 0. The SMILES string of the molecule is CCCCNCc1ccc(C(=O)C(C)(C)O)cc1. The summed E-state index contributed by atoms with van der Waals surface area (Å²) in [5, 5.41) is 13.0. The minimum Gasteiger partial charge on any atom is -0.382 e. The van der Waals surface area contributed by atoms with E-state index in [1.54, 1.807) is 12.1 Å². The molecule has 0 amide bonds. The van der Waals surface area contributed by atoms with Crippen LogP contribution in [0.4, 0.5) is 0 Å². The van der Waals surface area contributed by atoms with E-state index in [-0.39, 0.29) is 5.78 Å². The van der Waals surface area contributed by atoms with Crippen molar-refractivity contribution in [1.29, 1.82) is 0 Å². The Morgan fingerprint density at radius 3 is 2.39 bits per heavy atom. The van der Waals surface area contributed by atoms with E-state index in [0.717, 1.165) is 18.7 Å². The monoisotopic (exact) mass is 249 g/mol. The summed E-state index contributed by atoms with van der Waals surface area (Å²) in [4.78, 5) is 11.8. The van der Waals surface area contributed by atoms with Gasteiger partial charge in [-0.05, 0) is 32.4 Å². The summed E-state index contributed by atoms with van der Waals surface area (Å²) in [6, 6.07) is 7.41. The van der Waals surface area contributed by atoms with E-state index >= 15 is 0 Å². The van der Waals surface area contributed by atoms with Crippen molar-refractivity contribution in [2.75, 3.05) is 6.54 Å². The third-order valence-corrected chi connectivity index (χ3v) is 2.81. The van der Waals surface area contributed by atoms with Gasteiger partial charge in [-0.25, -0.2) is 0 Å². The van der Waals surface area contributed by atoms with Crippen molar-refractivity contribution in [3.8, 4) is 0 Å². The second-order valence-electron chi connectivity index (χ2n) is 5.12. The zero-order valence-corrected chi connectivity index (χ0v) is 11.5. The molecule has 1 aromatic carbocycles. The number of benzene rings is 1. The molecule has 1 aromatic rings. The average Bonchev–Trinajstić information content (AvgIpc) is 2.33. The lowest BCUT2D eigenvalue weighted by atomic mass is 9.96. The molecule has 3 heteroatoms. The van der Waals surface area contributed by atoms with Gasteiger partial charge in [0.2, 0.25) is 0 Å². The molecule has 2 N–H and O–H groups in total. The van der Waals surface area contributed by atoms with Crippen LogP contribution >= 0.6 is 0 Å². The smallest absolute Gasteiger partial charge is 0.193 e. The first-order valence-electron chi connectivity index (χ1n) is 6.52. The van der Waals surface area contributed by atoms with Crippen LogP contribution in [-0.4, -0.2) is 23.0 Å². The number of carbonyl (C=O) groups excluding carboxylic acids is 1. The molecule has 0 saturated carbocycles. The highest BCUT2D eigenvalue weighted by molar-refractivity contribution is 6.01. The molecule has 0 aliphatic carbocycles. The maximum Gasteiger partial charge on any atom is 0.193 e. The minimum atomic E-state index is -1.30. The van der Waals surface area contributed by atoms with Gasteiger partial charge >= 0.3 is 0 Å². The molecule has 0 unspecified atom stereocenters. The van der Waals surface area contributed by atoms with Crippen LogP contribution in [0.3, 0.4) is 0 Å². The van der Waals surface area contributed by atoms with Crippen molar-refractivity contribution in [2.45, 2.75) is 45.8 Å². The van der Waals surface area contributed by atoms with E-state index in [2.05, 4.69) is 12.2 Å². The fourth-order valence-corrected chi connectivity index (χ4v) is 1.66. The molecule has 0 radical (unpaired) electrons. The van der Waals surface area contributed by atoms with Gasteiger partial charge in [0.25, 0.3) is 0 Å². The Hall–Kier alpha value is -1.19. The number of nitrogens with one attached hydrogen (secondary N) is 1. The molecule has 100 valence electrons. The van der Waals surface area contributed by atoms with Crippen molar-refractivity contribution >= 4 is 5.78 Å². The van der Waals surface area contributed by atoms with Gasteiger partial charge in [-0.15, -0.1) is 0 Å². The molecule has 0 spiro atoms. The minimum absolute atomic E-state index is 0.243. The first kappa shape index (κ1) is 14.9. The molecule has 0 saturated heterocycles. The molecular formula is C15H23NO2. The Kier molecular flexibility index (Phi) is 5.51. The van der Waals surface area contributed by atoms with Crippen LogP contribution in [0.2, 0.25) is 0 Å². The van der Waals surface area contributed by atoms with E-state index in [1.165, 1.54) is 26.7 Å². The van der Waals surface area contributed by atoms with Crippen molar-refractivity contribution in [3.05, 3.63) is 35.4 Å². The number of ketones is 1. The van der Waals surface area contributed by atoms with E-state index in [9.17, 15) is 9.90 Å². The van der Waals surface area contributed by atoms with Crippen LogP contribution < -0.4 is 5.32 Å². The quantitative estimate of drug-likeness (QED) is 0.576. The fourth-order valence-electron chi connectivity index (χ4n) is 1.66. The van der Waals surface area contributed by atoms with Crippen molar-refractivity contribution in [2.24, 2.45) is 0 Å². The topological polar surface area (TPSA) is 49.3 Å². The average molecular weight is 249 g/mol. The van der Waals surface area contributed by atoms with Crippen LogP contribution in [0.5, 0.6) is 0 Å². The van der Waals surface area contributed by atoms with Gasteiger partial charge in [0.1, 0.15) is 5.60 Å². The molecule has 1 rings (SSSR count). The Morgan fingerprint density at radius 2 is 1.89 bits per heavy atom. The third kappa shape index (κ3) is 4.59. The van der Waals surface area contributed by atoms with E-state index in [4.69, 9.17) is 0 Å². The molecule has 0 heterocycles. The molecule has 0 aliphatic heterocycles. The Morgan fingerprint density at radius 1 is 1.28 bits per heavy atom. The number of unbranched alkanes of at least 4 members (excludes halogenated alkanes) is 1. The number of carbonyl (C=O) groups is 1. The van der Waals surface area contributed by atoms with E-state index < -0.39 is 5.60 Å². The zero-order chi connectivity index (χ0) is 13.6. The molecule has 0 aromatic heterocycles. The maximum absolute atomic E-state index is 11.8. The predicted octanol–water partition coefficient (Wildman–Crippen LogP) is 2.53. The maximum atomic E-state index is 11.8. The van der Waals surface area contributed by atoms with Gasteiger partial charge in [-0.2, -0.15) is 0 Å². The molecule has 3 nitrogen and oxygen atoms in total. The van der Waals surface area contributed by atoms with Gasteiger partial charge < -0.3 is 10.4 Å². The molecular weight excluding hydrogens is 226 g/mol. The number of Topliss-reactive ketones (excluding diaryl/α,β-unsaturated/α-hetero) is 1. The lowest BCUT2D eigenvalue weighted by Crippen LogP contribution is -2.31. The van der Waals surface area contributed by atoms with Gasteiger partial charge in [-0.3, -0.25) is 4.79 Å². The highest BCUT2D eigenvalue weighted by Gasteiger charge is 2.24. The zero-order valence-electron chi connectivity index (χ0n) is 11.5. The van der Waals surface area contributed by atoms with Gasteiger partial charge in [0, 0.05) is 12.1 Å². The number of hydrogen-bond donors (Lipinski definition) is 2. The highest BCUT2D eigenvalue weighted by Crippen LogP contribution is 2.13. The molecule has 18 heavy (non-hydrogen) atoms. The summed E-state index contributed by atoms with van der Waals surface area (Å²) >= 11 is 0. The fraction of sp³-hybridized carbons (Fsp3) is 0.533. The van der Waals surface area contributed by atoms with E-state index in [0.29, 0.717) is 5.56 Å². The van der Waals surface area contributed by atoms with Crippen LogP contribution in [0.1, 0.15) is 49.5 Å². The second-order valence-corrected chi connectivity index (χ2v) is 5.12. The highest BCUT2D eigenvalue weighted by atomic mass is 16.3. The van der Waals surface area contributed by atoms with Crippen LogP contribution in [0.15, 0.2) is 24.3 Å². The molecule has 0 bridgehead atoms. The lowest BCUT2D eigenvalue weighted by Gasteiger charge is -2.15. The Balaban J connectivity index is 2.55. The number of rotatable bonds is 7. The summed E-state index contributed by atoms with van der Waals surface area (Å²) in [6.45, 7) is 7.02.